The topological polar surface area (TPSA) is 87.3 Å². The van der Waals surface area contributed by atoms with E-state index in [-0.39, 0.29) is 17.7 Å². The van der Waals surface area contributed by atoms with Crippen molar-refractivity contribution in [2.45, 2.75) is 78.6 Å². The Morgan fingerprint density at radius 1 is 0.533 bits per heavy atom. The zero-order chi connectivity index (χ0) is 22.2. The van der Waals surface area contributed by atoms with Gasteiger partial charge in [0.05, 0.1) is 0 Å². The minimum atomic E-state index is -0.258. The summed E-state index contributed by atoms with van der Waals surface area (Å²) in [6.45, 7) is 8.07. The summed E-state index contributed by atoms with van der Waals surface area (Å²) in [5.41, 5.74) is 1.02. The van der Waals surface area contributed by atoms with Crippen LogP contribution in [0.4, 0.5) is 0 Å². The fraction of sp³-hybridized carbons (Fsp3) is 0.625. The summed E-state index contributed by atoms with van der Waals surface area (Å²) >= 11 is 0. The van der Waals surface area contributed by atoms with Crippen LogP contribution in [0.3, 0.4) is 0 Å². The number of carbonyl (C=O) groups is 3. The van der Waals surface area contributed by atoms with Gasteiger partial charge in [0.25, 0.3) is 17.7 Å². The van der Waals surface area contributed by atoms with Gasteiger partial charge >= 0.3 is 0 Å². The lowest BCUT2D eigenvalue weighted by Gasteiger charge is -2.11. The molecule has 0 saturated carbocycles. The highest BCUT2D eigenvalue weighted by molar-refractivity contribution is 6.04. The van der Waals surface area contributed by atoms with Crippen LogP contribution >= 0.6 is 0 Å². The molecule has 0 spiro atoms. The van der Waals surface area contributed by atoms with E-state index in [1.54, 1.807) is 18.2 Å². The predicted octanol–water partition coefficient (Wildman–Crippen LogP) is 4.45. The Kier molecular flexibility index (Phi) is 13.2. The number of carbonyl (C=O) groups excluding carboxylic acids is 3. The predicted molar refractivity (Wildman–Crippen MR) is 122 cm³/mol. The van der Waals surface area contributed by atoms with E-state index in [2.05, 4.69) is 36.7 Å². The first-order valence-corrected chi connectivity index (χ1v) is 11.5. The molecule has 0 radical (unpaired) electrons. The largest absolute Gasteiger partial charge is 0.352 e. The fourth-order valence-electron chi connectivity index (χ4n) is 3.06. The molecular weight excluding hydrogens is 378 g/mol. The minimum absolute atomic E-state index is 0.258. The van der Waals surface area contributed by atoms with Crippen molar-refractivity contribution in [3.63, 3.8) is 0 Å². The first-order valence-electron chi connectivity index (χ1n) is 11.5. The standard InChI is InChI=1S/C24H39N3O3/c1-4-7-10-13-25-22(28)19-16-20(23(29)26-14-11-8-5-2)18-21(17-19)24(30)27-15-12-9-6-3/h16-18H,4-15H2,1-3H3,(H,25,28)(H,26,29)(H,27,30). The Morgan fingerprint density at radius 2 is 0.800 bits per heavy atom. The number of nitrogens with one attached hydrogen (secondary N) is 3. The van der Waals surface area contributed by atoms with Crippen molar-refractivity contribution >= 4 is 17.7 Å². The van der Waals surface area contributed by atoms with Gasteiger partial charge in [-0.3, -0.25) is 14.4 Å². The van der Waals surface area contributed by atoms with E-state index < -0.39 is 0 Å². The van der Waals surface area contributed by atoms with Crippen LogP contribution in [0.15, 0.2) is 18.2 Å². The molecule has 0 atom stereocenters. The molecule has 168 valence electrons. The molecule has 0 aromatic heterocycles. The number of benzene rings is 1. The van der Waals surface area contributed by atoms with Crippen LogP contribution in [-0.2, 0) is 0 Å². The number of hydrogen-bond donors (Lipinski definition) is 3. The third-order valence-electron chi connectivity index (χ3n) is 4.92. The van der Waals surface area contributed by atoms with Crippen molar-refractivity contribution in [1.82, 2.24) is 16.0 Å². The summed E-state index contributed by atoms with van der Waals surface area (Å²) in [6, 6.07) is 4.70. The Labute approximate surface area is 181 Å². The van der Waals surface area contributed by atoms with E-state index in [1.807, 2.05) is 0 Å². The molecule has 3 N–H and O–H groups in total. The lowest BCUT2D eigenvalue weighted by atomic mass is 10.0. The van der Waals surface area contributed by atoms with E-state index in [0.717, 1.165) is 57.8 Å². The van der Waals surface area contributed by atoms with Gasteiger partial charge in [0.2, 0.25) is 0 Å². The molecule has 0 aliphatic carbocycles. The first kappa shape index (κ1) is 25.7. The molecule has 0 unspecified atom stereocenters. The maximum absolute atomic E-state index is 12.6. The van der Waals surface area contributed by atoms with Crippen molar-refractivity contribution in [3.05, 3.63) is 34.9 Å². The molecule has 6 heteroatoms. The van der Waals surface area contributed by atoms with Crippen LogP contribution in [0, 0.1) is 0 Å². The average molecular weight is 418 g/mol. The van der Waals surface area contributed by atoms with Gasteiger partial charge in [0.15, 0.2) is 0 Å². The summed E-state index contributed by atoms with van der Waals surface area (Å²) in [6.07, 6.45) is 9.09. The monoisotopic (exact) mass is 417 g/mol. The summed E-state index contributed by atoms with van der Waals surface area (Å²) < 4.78 is 0. The van der Waals surface area contributed by atoms with Crippen molar-refractivity contribution in [1.29, 1.82) is 0 Å². The highest BCUT2D eigenvalue weighted by Gasteiger charge is 2.16. The smallest absolute Gasteiger partial charge is 0.251 e. The third-order valence-corrected chi connectivity index (χ3v) is 4.92. The van der Waals surface area contributed by atoms with Gasteiger partial charge in [-0.15, -0.1) is 0 Å². The maximum atomic E-state index is 12.6. The van der Waals surface area contributed by atoms with Crippen LogP contribution in [0.1, 0.15) is 110 Å². The quantitative estimate of drug-likeness (QED) is 0.369. The SMILES string of the molecule is CCCCCNC(=O)c1cc(C(=O)NCCCCC)cc(C(=O)NCCCCC)c1. The molecule has 6 nitrogen and oxygen atoms in total. The summed E-state index contributed by atoms with van der Waals surface area (Å²) in [5.74, 6) is -0.773. The second-order valence-electron chi connectivity index (χ2n) is 7.69. The highest BCUT2D eigenvalue weighted by atomic mass is 16.2. The minimum Gasteiger partial charge on any atom is -0.352 e. The Hall–Kier alpha value is -2.37. The van der Waals surface area contributed by atoms with Crippen LogP contribution in [0.2, 0.25) is 0 Å². The van der Waals surface area contributed by atoms with Crippen molar-refractivity contribution in [3.8, 4) is 0 Å². The summed E-state index contributed by atoms with van der Waals surface area (Å²) in [7, 11) is 0. The summed E-state index contributed by atoms with van der Waals surface area (Å²) in [4.78, 5) is 37.7. The lowest BCUT2D eigenvalue weighted by Crippen LogP contribution is -2.29. The van der Waals surface area contributed by atoms with Crippen LogP contribution < -0.4 is 16.0 Å². The Morgan fingerprint density at radius 3 is 1.03 bits per heavy atom. The first-order chi connectivity index (χ1) is 14.5. The molecule has 30 heavy (non-hydrogen) atoms. The molecule has 1 aromatic rings. The summed E-state index contributed by atoms with van der Waals surface area (Å²) in [5, 5.41) is 8.65. The average Bonchev–Trinajstić information content (AvgIpc) is 2.76. The van der Waals surface area contributed by atoms with Crippen LogP contribution in [-0.4, -0.2) is 37.4 Å². The lowest BCUT2D eigenvalue weighted by molar-refractivity contribution is 0.0952. The number of amides is 3. The van der Waals surface area contributed by atoms with Gasteiger partial charge in [-0.25, -0.2) is 0 Å². The van der Waals surface area contributed by atoms with Gasteiger partial charge in [0, 0.05) is 36.3 Å². The zero-order valence-corrected chi connectivity index (χ0v) is 18.9. The van der Waals surface area contributed by atoms with Gasteiger partial charge in [-0.1, -0.05) is 59.3 Å². The van der Waals surface area contributed by atoms with E-state index in [9.17, 15) is 14.4 Å². The number of unbranched alkanes of at least 4 members (excludes halogenated alkanes) is 6. The molecule has 0 heterocycles. The number of hydrogen-bond acceptors (Lipinski definition) is 3. The van der Waals surface area contributed by atoms with Crippen LogP contribution in [0.5, 0.6) is 0 Å². The second kappa shape index (κ2) is 15.5. The van der Waals surface area contributed by atoms with E-state index in [0.29, 0.717) is 36.3 Å². The van der Waals surface area contributed by atoms with Gasteiger partial charge in [-0.05, 0) is 37.5 Å². The molecule has 0 aliphatic rings. The van der Waals surface area contributed by atoms with Crippen molar-refractivity contribution < 1.29 is 14.4 Å². The third kappa shape index (κ3) is 9.90. The fourth-order valence-corrected chi connectivity index (χ4v) is 3.06. The highest BCUT2D eigenvalue weighted by Crippen LogP contribution is 2.12. The molecule has 1 aromatic carbocycles. The normalized spacial score (nSPS) is 10.5. The molecule has 0 saturated heterocycles. The van der Waals surface area contributed by atoms with Crippen molar-refractivity contribution in [2.24, 2.45) is 0 Å². The molecule has 1 rings (SSSR count). The van der Waals surface area contributed by atoms with E-state index in [4.69, 9.17) is 0 Å². The molecule has 0 bridgehead atoms. The molecule has 3 amide bonds. The molecule has 0 aliphatic heterocycles. The molecular formula is C24H39N3O3. The van der Waals surface area contributed by atoms with Crippen LogP contribution in [0.25, 0.3) is 0 Å². The zero-order valence-electron chi connectivity index (χ0n) is 18.9. The van der Waals surface area contributed by atoms with Gasteiger partial charge in [-0.2, -0.15) is 0 Å². The maximum Gasteiger partial charge on any atom is 0.251 e. The second-order valence-corrected chi connectivity index (χ2v) is 7.69. The Bertz CT molecular complexity index is 571. The van der Waals surface area contributed by atoms with E-state index >= 15 is 0 Å². The van der Waals surface area contributed by atoms with Gasteiger partial charge < -0.3 is 16.0 Å². The van der Waals surface area contributed by atoms with Crippen molar-refractivity contribution in [2.75, 3.05) is 19.6 Å². The van der Waals surface area contributed by atoms with E-state index in [1.165, 1.54) is 0 Å². The Balaban J connectivity index is 2.92. The van der Waals surface area contributed by atoms with Gasteiger partial charge in [0.1, 0.15) is 0 Å². The number of rotatable bonds is 15. The molecule has 0 fully saturated rings.